The maximum atomic E-state index is 12.9. The van der Waals surface area contributed by atoms with Gasteiger partial charge in [-0.05, 0) is 56.0 Å². The molecule has 1 heterocycles. The second-order valence-electron chi connectivity index (χ2n) is 9.75. The first-order valence-corrected chi connectivity index (χ1v) is 16.4. The summed E-state index contributed by atoms with van der Waals surface area (Å²) in [5, 5.41) is 1.16. The molecule has 1 aromatic heterocycles. The summed E-state index contributed by atoms with van der Waals surface area (Å²) in [5.74, 6) is 0. The third-order valence-corrected chi connectivity index (χ3v) is 8.16. The third kappa shape index (κ3) is 9.83. The first kappa shape index (κ1) is 32.0. The Morgan fingerprint density at radius 3 is 2.10 bits per heavy atom. The molecule has 0 aliphatic heterocycles. The second-order valence-corrected chi connectivity index (χ2v) is 11.7. The molecule has 218 valence electrons. The van der Waals surface area contributed by atoms with Crippen LogP contribution in [0.1, 0.15) is 70.9 Å². The van der Waals surface area contributed by atoms with Crippen LogP contribution in [0.25, 0.3) is 23.1 Å². The van der Waals surface area contributed by atoms with E-state index in [0.717, 1.165) is 29.6 Å². The number of hydrogen-bond donors (Lipinski definition) is 0. The number of anilines is 1. The zero-order chi connectivity index (χ0) is 28.6. The highest BCUT2D eigenvalue weighted by Crippen LogP contribution is 2.49. The number of pyridine rings is 1. The molecule has 0 bridgehead atoms. The summed E-state index contributed by atoms with van der Waals surface area (Å²) in [6, 6.07) is 19.4. The highest BCUT2D eigenvalue weighted by Gasteiger charge is 2.28. The van der Waals surface area contributed by atoms with Crippen LogP contribution in [0, 0.1) is 0 Å². The van der Waals surface area contributed by atoms with Crippen LogP contribution in [0.2, 0.25) is 0 Å². The monoisotopic (exact) mass is 569 g/mol. The average molecular weight is 570 g/mol. The molecule has 0 saturated carbocycles. The van der Waals surface area contributed by atoms with Crippen LogP contribution >= 0.6 is 7.60 Å². The molecule has 40 heavy (non-hydrogen) atoms. The van der Waals surface area contributed by atoms with E-state index in [1.807, 2.05) is 12.3 Å². The van der Waals surface area contributed by atoms with Gasteiger partial charge < -0.3 is 4.90 Å². The maximum absolute atomic E-state index is 12.9. The van der Waals surface area contributed by atoms with Crippen LogP contribution in [-0.2, 0) is 30.2 Å². The molecule has 0 fully saturated rings. The van der Waals surface area contributed by atoms with Gasteiger partial charge in [-0.25, -0.2) is 9.78 Å². The Bertz CT molecular complexity index is 1210. The number of nitrogens with zero attached hydrogens (tertiary/aromatic N) is 2. The summed E-state index contributed by atoms with van der Waals surface area (Å²) < 4.78 is 25.1. The van der Waals surface area contributed by atoms with Crippen molar-refractivity contribution in [2.75, 3.05) is 37.4 Å². The molecular weight excluding hydrogens is 523 g/mol. The van der Waals surface area contributed by atoms with Gasteiger partial charge in [-0.1, -0.05) is 63.1 Å². The molecule has 7 nitrogen and oxygen atoms in total. The number of aromatic nitrogens is 1. The predicted molar refractivity (Wildman–Crippen MR) is 164 cm³/mol. The fourth-order valence-electron chi connectivity index (χ4n) is 4.50. The zero-order valence-corrected chi connectivity index (χ0v) is 25.5. The normalized spacial score (nSPS) is 12.0. The van der Waals surface area contributed by atoms with Crippen LogP contribution in [-0.4, -0.2) is 32.5 Å². The fraction of sp³-hybridized carbons (Fsp3) is 0.469. The fourth-order valence-corrected chi connectivity index (χ4v) is 5.74. The highest BCUT2D eigenvalue weighted by molar-refractivity contribution is 7.53. The van der Waals surface area contributed by atoms with E-state index in [9.17, 15) is 4.57 Å². The van der Waals surface area contributed by atoms with Crippen LogP contribution in [0.4, 0.5) is 5.69 Å². The Balaban J connectivity index is 1.71. The molecule has 3 aromatic rings. The maximum Gasteiger partial charge on any atom is 0.384 e. The Morgan fingerprint density at radius 2 is 1.48 bits per heavy atom. The Kier molecular flexibility index (Phi) is 13.8. The van der Waals surface area contributed by atoms with E-state index in [0.29, 0.717) is 13.0 Å². The zero-order valence-electron chi connectivity index (χ0n) is 24.6. The van der Waals surface area contributed by atoms with Gasteiger partial charge in [-0.15, -0.1) is 9.35 Å². The van der Waals surface area contributed by atoms with Crippen molar-refractivity contribution in [3.05, 3.63) is 71.9 Å². The first-order chi connectivity index (χ1) is 19.5. The summed E-state index contributed by atoms with van der Waals surface area (Å²) in [4.78, 5) is 12.3. The minimum atomic E-state index is -3.50. The molecule has 0 amide bonds. The van der Waals surface area contributed by atoms with E-state index in [1.54, 1.807) is 13.8 Å². The van der Waals surface area contributed by atoms with Crippen molar-refractivity contribution in [2.45, 2.75) is 66.3 Å². The van der Waals surface area contributed by atoms with E-state index in [-0.39, 0.29) is 19.4 Å². The summed E-state index contributed by atoms with van der Waals surface area (Å²) in [6.07, 6.45) is 12.0. The summed E-state index contributed by atoms with van der Waals surface area (Å²) in [7, 11) is -3.50. The molecule has 3 rings (SSSR count). The topological polar surface area (TPSA) is 61.1 Å². The summed E-state index contributed by atoms with van der Waals surface area (Å²) in [5.41, 5.74) is 4.73. The minimum absolute atomic E-state index is 0.181. The van der Waals surface area contributed by atoms with Crippen molar-refractivity contribution in [1.82, 2.24) is 0 Å². The lowest BCUT2D eigenvalue weighted by atomic mass is 10.1. The van der Waals surface area contributed by atoms with E-state index >= 15 is 0 Å². The predicted octanol–water partition coefficient (Wildman–Crippen LogP) is 8.22. The van der Waals surface area contributed by atoms with Crippen LogP contribution in [0.5, 0.6) is 0 Å². The van der Waals surface area contributed by atoms with Crippen molar-refractivity contribution in [3.8, 4) is 0 Å². The number of hydrogen-bond acceptors (Lipinski definition) is 6. The molecule has 0 aliphatic rings. The second kappa shape index (κ2) is 17.3. The summed E-state index contributed by atoms with van der Waals surface area (Å²) in [6.45, 7) is 11.4. The number of rotatable bonds is 19. The van der Waals surface area contributed by atoms with E-state index in [2.05, 4.69) is 84.0 Å². The Labute approximate surface area is 240 Å². The largest absolute Gasteiger partial charge is 0.384 e. The summed E-state index contributed by atoms with van der Waals surface area (Å²) >= 11 is 0. The lowest BCUT2D eigenvalue weighted by Crippen LogP contribution is -2.34. The molecule has 0 atom stereocenters. The van der Waals surface area contributed by atoms with Crippen LogP contribution in [0.15, 0.2) is 60.8 Å². The van der Waals surface area contributed by atoms with Gasteiger partial charge in [0.2, 0.25) is 5.52 Å². The van der Waals surface area contributed by atoms with E-state index in [1.165, 1.54) is 36.9 Å². The molecule has 0 unspecified atom stereocenters. The van der Waals surface area contributed by atoms with E-state index < -0.39 is 7.60 Å². The van der Waals surface area contributed by atoms with Crippen molar-refractivity contribution >= 4 is 36.3 Å². The molecule has 0 saturated heterocycles. The van der Waals surface area contributed by atoms with Gasteiger partial charge in [0.15, 0.2) is 6.20 Å². The smallest absolute Gasteiger partial charge is 0.372 e. The number of benzene rings is 2. The van der Waals surface area contributed by atoms with Crippen molar-refractivity contribution in [1.29, 1.82) is 0 Å². The number of fused-ring (bicyclic) bond motifs is 1. The molecule has 8 heteroatoms. The van der Waals surface area contributed by atoms with E-state index in [4.69, 9.17) is 19.1 Å². The number of unbranched alkanes of at least 4 members (excludes halogenated alkanes) is 2. The SMILES string of the molecule is CCCCN(CCCC)c1ccc(/C=C/c2cccc3c2ccc[n+]3CCCP(=O)(OOCC)OOCC)cc1. The lowest BCUT2D eigenvalue weighted by molar-refractivity contribution is -0.671. The van der Waals surface area contributed by atoms with Gasteiger partial charge in [0.25, 0.3) is 0 Å². The molecular formula is C32H46N2O5P+. The first-order valence-electron chi connectivity index (χ1n) is 14.7. The average Bonchev–Trinajstić information content (AvgIpc) is 2.98. The number of aryl methyl sites for hydroxylation is 1. The van der Waals surface area contributed by atoms with Gasteiger partial charge in [0.1, 0.15) is 6.54 Å². The van der Waals surface area contributed by atoms with Gasteiger partial charge in [-0.2, -0.15) is 4.57 Å². The van der Waals surface area contributed by atoms with Crippen molar-refractivity contribution in [2.24, 2.45) is 0 Å². The van der Waals surface area contributed by atoms with Gasteiger partial charge in [-0.3, -0.25) is 4.57 Å². The third-order valence-electron chi connectivity index (χ3n) is 6.63. The quantitative estimate of drug-likeness (QED) is 0.0477. The molecule has 0 N–H and O–H groups in total. The Morgan fingerprint density at radius 1 is 0.800 bits per heavy atom. The highest BCUT2D eigenvalue weighted by atomic mass is 31.2. The molecule has 2 aromatic carbocycles. The van der Waals surface area contributed by atoms with Crippen LogP contribution < -0.4 is 9.47 Å². The standard InChI is InChI=1S/C32H46N2O5P/c1-5-9-23-33(24-10-6-2)30-21-18-28(19-22-30)17-20-29-14-11-16-32-31(29)15-12-25-34(32)26-13-27-40(35,38-36-7-3)39-37-8-4/h11-12,14-22,25H,5-10,13,23-24,26-27H2,1-4H3/q+1. The Hall–Kier alpha value is -2.54. The van der Waals surface area contributed by atoms with Crippen LogP contribution in [0.3, 0.4) is 0 Å². The van der Waals surface area contributed by atoms with Gasteiger partial charge >= 0.3 is 7.60 Å². The van der Waals surface area contributed by atoms with Gasteiger partial charge in [0.05, 0.1) is 24.8 Å². The molecule has 0 aliphatic carbocycles. The molecule has 0 radical (unpaired) electrons. The lowest BCUT2D eigenvalue weighted by Gasteiger charge is -2.24. The van der Waals surface area contributed by atoms with Crippen molar-refractivity contribution in [3.63, 3.8) is 0 Å². The molecule has 0 spiro atoms. The van der Waals surface area contributed by atoms with Gasteiger partial charge in [0, 0.05) is 37.3 Å². The minimum Gasteiger partial charge on any atom is -0.372 e. The van der Waals surface area contributed by atoms with Crippen molar-refractivity contribution < 1.29 is 28.3 Å².